The number of nitrogens with zero attached hydrogens (tertiary/aromatic N) is 1. The van der Waals surface area contributed by atoms with Crippen molar-refractivity contribution >= 4 is 23.5 Å². The van der Waals surface area contributed by atoms with Gasteiger partial charge < -0.3 is 19.3 Å². The van der Waals surface area contributed by atoms with Crippen molar-refractivity contribution in [2.24, 2.45) is 0 Å². The number of Topliss-reactive ketones (excluding diaryl/α,β-unsaturated/α-hetero) is 1. The number of carbonyl (C=O) groups is 3. The Hall–Kier alpha value is -3.16. The van der Waals surface area contributed by atoms with E-state index in [9.17, 15) is 14.4 Å². The Morgan fingerprint density at radius 1 is 1.12 bits per heavy atom. The van der Waals surface area contributed by atoms with Crippen molar-refractivity contribution in [1.82, 2.24) is 5.16 Å². The maximum absolute atomic E-state index is 12.1. The van der Waals surface area contributed by atoms with E-state index in [4.69, 9.17) is 9.47 Å². The van der Waals surface area contributed by atoms with E-state index in [0.717, 1.165) is 6.42 Å². The summed E-state index contributed by atoms with van der Waals surface area (Å²) in [7, 11) is 0. The van der Waals surface area contributed by atoms with Crippen molar-refractivity contribution in [3.05, 3.63) is 42.2 Å². The molecule has 0 saturated carbocycles. The molecule has 1 aromatic carbocycles. The van der Waals surface area contributed by atoms with Crippen LogP contribution in [0, 0.1) is 0 Å². The summed E-state index contributed by atoms with van der Waals surface area (Å²) < 4.78 is 14.8. The summed E-state index contributed by atoms with van der Waals surface area (Å²) in [6, 6.07) is 8.20. The van der Waals surface area contributed by atoms with Crippen LogP contribution < -0.4 is 10.1 Å². The molecule has 2 rings (SSSR count). The first kappa shape index (κ1) is 19.2. The third-order valence-electron chi connectivity index (χ3n) is 3.27. The number of ether oxygens (including phenoxy) is 2. The molecule has 1 aromatic heterocycles. The van der Waals surface area contributed by atoms with Crippen LogP contribution in [0.25, 0.3) is 0 Å². The quantitative estimate of drug-likeness (QED) is 0.512. The topological polar surface area (TPSA) is 108 Å². The molecule has 8 heteroatoms. The molecule has 138 valence electrons. The fraction of sp³-hybridized carbons (Fsp3) is 0.333. The number of nitrogens with one attached hydrogen (secondary N) is 1. The first-order valence-electron chi connectivity index (χ1n) is 8.20. The molecular formula is C18H20N2O6. The van der Waals surface area contributed by atoms with Gasteiger partial charge in [-0.1, -0.05) is 12.1 Å². The second kappa shape index (κ2) is 9.97. The molecule has 0 bridgehead atoms. The van der Waals surface area contributed by atoms with Gasteiger partial charge in [-0.25, -0.2) is 0 Å². The largest absolute Gasteiger partial charge is 0.494 e. The number of ketones is 1. The first-order valence-corrected chi connectivity index (χ1v) is 8.20. The van der Waals surface area contributed by atoms with E-state index >= 15 is 0 Å². The maximum Gasteiger partial charge on any atom is 0.306 e. The molecule has 1 heterocycles. The van der Waals surface area contributed by atoms with Crippen LogP contribution in [-0.2, 0) is 14.3 Å². The standard InChI is InChI=1S/C18H20N2O6/c1-2-10-24-14-5-3-13(4-6-14)15(21)7-8-18(23)25-12-17(22)19-16-9-11-26-20-16/h3-6,9,11H,2,7-8,10,12H2,1H3,(H,19,20,22). The summed E-state index contributed by atoms with van der Waals surface area (Å²) in [6.07, 6.45) is 2.10. The first-order chi connectivity index (χ1) is 12.6. The molecule has 26 heavy (non-hydrogen) atoms. The minimum Gasteiger partial charge on any atom is -0.494 e. The number of anilines is 1. The van der Waals surface area contributed by atoms with E-state index in [2.05, 4.69) is 15.0 Å². The van der Waals surface area contributed by atoms with Crippen LogP contribution >= 0.6 is 0 Å². The molecule has 0 aliphatic carbocycles. The number of aromatic nitrogens is 1. The van der Waals surface area contributed by atoms with Crippen molar-refractivity contribution in [3.8, 4) is 5.75 Å². The number of esters is 1. The zero-order valence-corrected chi connectivity index (χ0v) is 14.4. The molecule has 0 spiro atoms. The predicted octanol–water partition coefficient (Wildman–Crippen LogP) is 2.61. The maximum atomic E-state index is 12.1. The number of rotatable bonds is 10. The average molecular weight is 360 g/mol. The number of carbonyl (C=O) groups excluding carboxylic acids is 3. The summed E-state index contributed by atoms with van der Waals surface area (Å²) in [5.41, 5.74) is 0.491. The molecule has 2 aromatic rings. The van der Waals surface area contributed by atoms with Gasteiger partial charge in [0.15, 0.2) is 18.2 Å². The second-order valence-electron chi connectivity index (χ2n) is 5.39. The molecule has 0 aliphatic heterocycles. The molecule has 0 atom stereocenters. The minimum atomic E-state index is -0.628. The zero-order chi connectivity index (χ0) is 18.8. The minimum absolute atomic E-state index is 0.00109. The number of benzene rings is 1. The molecule has 8 nitrogen and oxygen atoms in total. The van der Waals surface area contributed by atoms with Crippen molar-refractivity contribution in [1.29, 1.82) is 0 Å². The van der Waals surface area contributed by atoms with Gasteiger partial charge in [0.2, 0.25) is 0 Å². The Balaban J connectivity index is 1.69. The van der Waals surface area contributed by atoms with Crippen LogP contribution in [0.4, 0.5) is 5.82 Å². The molecule has 0 unspecified atom stereocenters. The van der Waals surface area contributed by atoms with Crippen LogP contribution in [0.3, 0.4) is 0 Å². The van der Waals surface area contributed by atoms with Gasteiger partial charge in [0, 0.05) is 18.1 Å². The fourth-order valence-electron chi connectivity index (χ4n) is 1.99. The lowest BCUT2D eigenvalue weighted by molar-refractivity contribution is -0.147. The van der Waals surface area contributed by atoms with E-state index < -0.39 is 18.5 Å². The van der Waals surface area contributed by atoms with Gasteiger partial charge in [-0.2, -0.15) is 0 Å². The van der Waals surface area contributed by atoms with Gasteiger partial charge >= 0.3 is 5.97 Å². The van der Waals surface area contributed by atoms with Crippen molar-refractivity contribution in [2.75, 3.05) is 18.5 Å². The van der Waals surface area contributed by atoms with Gasteiger partial charge in [0.1, 0.15) is 12.0 Å². The smallest absolute Gasteiger partial charge is 0.306 e. The van der Waals surface area contributed by atoms with E-state index in [0.29, 0.717) is 17.9 Å². The van der Waals surface area contributed by atoms with Gasteiger partial charge in [-0.15, -0.1) is 0 Å². The molecule has 1 amide bonds. The molecular weight excluding hydrogens is 340 g/mol. The highest BCUT2D eigenvalue weighted by Crippen LogP contribution is 2.14. The van der Waals surface area contributed by atoms with Crippen LogP contribution in [0.5, 0.6) is 5.75 Å². The number of hydrogen-bond acceptors (Lipinski definition) is 7. The van der Waals surface area contributed by atoms with Gasteiger partial charge in [-0.05, 0) is 30.7 Å². The lowest BCUT2D eigenvalue weighted by atomic mass is 10.1. The van der Waals surface area contributed by atoms with E-state index in [1.54, 1.807) is 24.3 Å². The Kier molecular flexibility index (Phi) is 7.35. The fourth-order valence-corrected chi connectivity index (χ4v) is 1.99. The highest BCUT2D eigenvalue weighted by atomic mass is 16.5. The van der Waals surface area contributed by atoms with Crippen LogP contribution in [0.2, 0.25) is 0 Å². The van der Waals surface area contributed by atoms with Crippen molar-refractivity contribution in [2.45, 2.75) is 26.2 Å². The van der Waals surface area contributed by atoms with Crippen LogP contribution in [0.1, 0.15) is 36.5 Å². The van der Waals surface area contributed by atoms with E-state index in [1.807, 2.05) is 6.92 Å². The van der Waals surface area contributed by atoms with E-state index in [-0.39, 0.29) is 24.4 Å². The molecule has 1 N–H and O–H groups in total. The third-order valence-corrected chi connectivity index (χ3v) is 3.27. The molecule has 0 fully saturated rings. The summed E-state index contributed by atoms with van der Waals surface area (Å²) in [4.78, 5) is 35.3. The van der Waals surface area contributed by atoms with Crippen LogP contribution in [-0.4, -0.2) is 36.0 Å². The number of amides is 1. The Labute approximate surface area is 150 Å². The van der Waals surface area contributed by atoms with Gasteiger partial charge in [0.05, 0.1) is 13.0 Å². The lowest BCUT2D eigenvalue weighted by Crippen LogP contribution is -2.21. The lowest BCUT2D eigenvalue weighted by Gasteiger charge is -2.06. The second-order valence-corrected chi connectivity index (χ2v) is 5.39. The number of hydrogen-bond donors (Lipinski definition) is 1. The highest BCUT2D eigenvalue weighted by Gasteiger charge is 2.12. The van der Waals surface area contributed by atoms with Gasteiger partial charge in [-0.3, -0.25) is 14.4 Å². The zero-order valence-electron chi connectivity index (χ0n) is 14.4. The third kappa shape index (κ3) is 6.39. The summed E-state index contributed by atoms with van der Waals surface area (Å²) in [5, 5.41) is 5.89. The summed E-state index contributed by atoms with van der Waals surface area (Å²) in [6.45, 7) is 2.17. The predicted molar refractivity (Wildman–Crippen MR) is 91.9 cm³/mol. The van der Waals surface area contributed by atoms with E-state index in [1.165, 1.54) is 12.3 Å². The SMILES string of the molecule is CCCOc1ccc(C(=O)CCC(=O)OCC(=O)Nc2ccon2)cc1. The Bertz CT molecular complexity index is 725. The highest BCUT2D eigenvalue weighted by molar-refractivity contribution is 5.98. The average Bonchev–Trinajstić information content (AvgIpc) is 3.16. The Morgan fingerprint density at radius 2 is 1.88 bits per heavy atom. The van der Waals surface area contributed by atoms with Gasteiger partial charge in [0.25, 0.3) is 5.91 Å². The monoisotopic (exact) mass is 360 g/mol. The molecule has 0 saturated heterocycles. The Morgan fingerprint density at radius 3 is 2.54 bits per heavy atom. The molecule has 0 radical (unpaired) electrons. The van der Waals surface area contributed by atoms with Crippen molar-refractivity contribution < 1.29 is 28.4 Å². The molecule has 0 aliphatic rings. The van der Waals surface area contributed by atoms with Crippen LogP contribution in [0.15, 0.2) is 41.1 Å². The normalized spacial score (nSPS) is 10.2. The summed E-state index contributed by atoms with van der Waals surface area (Å²) in [5.74, 6) is -0.428. The van der Waals surface area contributed by atoms with Crippen molar-refractivity contribution in [3.63, 3.8) is 0 Å². The summed E-state index contributed by atoms with van der Waals surface area (Å²) >= 11 is 0.